The number of carbonyl (C=O) groups is 1. The van der Waals surface area contributed by atoms with E-state index in [0.717, 1.165) is 18.4 Å². The fourth-order valence-corrected chi connectivity index (χ4v) is 2.69. The number of hydrogen-bond donors (Lipinski definition) is 2. The van der Waals surface area contributed by atoms with Crippen LogP contribution in [0.15, 0.2) is 24.3 Å². The molecule has 1 aliphatic rings. The summed E-state index contributed by atoms with van der Waals surface area (Å²) in [4.78, 5) is 12.0. The summed E-state index contributed by atoms with van der Waals surface area (Å²) in [6.45, 7) is 4.81. The van der Waals surface area contributed by atoms with E-state index in [9.17, 15) is 4.79 Å². The molecule has 2 rings (SSSR count). The molecule has 2 atom stereocenters. The Bertz CT molecular complexity index is 451. The Morgan fingerprint density at radius 3 is 2.48 bits per heavy atom. The van der Waals surface area contributed by atoms with Crippen molar-refractivity contribution in [2.24, 2.45) is 5.73 Å². The first-order chi connectivity index (χ1) is 10.1. The largest absolute Gasteiger partial charge is 0.484 e. The fourth-order valence-electron chi connectivity index (χ4n) is 2.69. The Kier molecular flexibility index (Phi) is 5.59. The summed E-state index contributed by atoms with van der Waals surface area (Å²) in [6.07, 6.45) is 3.46. The lowest BCUT2D eigenvalue weighted by molar-refractivity contribution is -0.131. The van der Waals surface area contributed by atoms with Crippen LogP contribution in [-0.4, -0.2) is 29.6 Å². The number of nitrogens with zero attached hydrogens (tertiary/aromatic N) is 1. The van der Waals surface area contributed by atoms with E-state index in [4.69, 9.17) is 10.5 Å². The number of benzene rings is 1. The minimum absolute atomic E-state index is 0.0257. The van der Waals surface area contributed by atoms with Gasteiger partial charge in [0.2, 0.25) is 0 Å². The molecule has 0 aliphatic carbocycles. The molecule has 1 saturated heterocycles. The van der Waals surface area contributed by atoms with E-state index < -0.39 is 0 Å². The number of hydrazine groups is 1. The molecule has 1 aliphatic heterocycles. The molecular formula is C16H25N3O2. The molecule has 0 spiro atoms. The van der Waals surface area contributed by atoms with Crippen molar-refractivity contribution >= 4 is 5.91 Å². The van der Waals surface area contributed by atoms with Crippen LogP contribution in [0.3, 0.4) is 0 Å². The summed E-state index contributed by atoms with van der Waals surface area (Å²) in [5.74, 6) is 0.570. The van der Waals surface area contributed by atoms with Crippen LogP contribution in [0.4, 0.5) is 0 Å². The molecule has 5 heteroatoms. The maximum absolute atomic E-state index is 12.0. The molecule has 0 radical (unpaired) electrons. The van der Waals surface area contributed by atoms with Crippen LogP contribution in [-0.2, 0) is 11.3 Å². The maximum atomic E-state index is 12.0. The number of nitrogens with two attached hydrogens (primary N) is 1. The molecule has 116 valence electrons. The minimum Gasteiger partial charge on any atom is -0.484 e. The maximum Gasteiger partial charge on any atom is 0.272 e. The molecule has 3 N–H and O–H groups in total. The van der Waals surface area contributed by atoms with E-state index in [2.05, 4.69) is 19.3 Å². The predicted octanol–water partition coefficient (Wildman–Crippen LogP) is 1.82. The van der Waals surface area contributed by atoms with Crippen molar-refractivity contribution < 1.29 is 9.53 Å². The molecule has 21 heavy (non-hydrogen) atoms. The van der Waals surface area contributed by atoms with Crippen molar-refractivity contribution in [3.63, 3.8) is 0 Å². The molecule has 5 nitrogen and oxygen atoms in total. The zero-order valence-corrected chi connectivity index (χ0v) is 12.8. The lowest BCUT2D eigenvalue weighted by Crippen LogP contribution is -2.55. The van der Waals surface area contributed by atoms with Gasteiger partial charge < -0.3 is 10.5 Å². The van der Waals surface area contributed by atoms with Gasteiger partial charge in [-0.3, -0.25) is 10.2 Å². The molecule has 2 unspecified atom stereocenters. The summed E-state index contributed by atoms with van der Waals surface area (Å²) < 4.78 is 5.50. The lowest BCUT2D eigenvalue weighted by atomic mass is 10.00. The van der Waals surface area contributed by atoms with Crippen LogP contribution >= 0.6 is 0 Å². The summed E-state index contributed by atoms with van der Waals surface area (Å²) in [5, 5.41) is 2.05. The van der Waals surface area contributed by atoms with Gasteiger partial charge in [0.1, 0.15) is 5.75 Å². The zero-order valence-electron chi connectivity index (χ0n) is 12.8. The molecule has 1 fully saturated rings. The number of carbonyl (C=O) groups excluding carboxylic acids is 1. The average molecular weight is 291 g/mol. The quantitative estimate of drug-likeness (QED) is 0.868. The lowest BCUT2D eigenvalue weighted by Gasteiger charge is -2.38. The number of hydrogen-bond acceptors (Lipinski definition) is 4. The first kappa shape index (κ1) is 15.8. The van der Waals surface area contributed by atoms with Crippen LogP contribution < -0.4 is 15.9 Å². The first-order valence-corrected chi connectivity index (χ1v) is 7.59. The molecule has 1 aromatic carbocycles. The molecule has 0 aromatic heterocycles. The van der Waals surface area contributed by atoms with Crippen LogP contribution in [0, 0.1) is 0 Å². The Balaban J connectivity index is 1.81. The van der Waals surface area contributed by atoms with Crippen molar-refractivity contribution in [3.8, 4) is 5.75 Å². The molecule has 0 saturated carbocycles. The average Bonchev–Trinajstić information content (AvgIpc) is 2.49. The van der Waals surface area contributed by atoms with E-state index >= 15 is 0 Å². The summed E-state index contributed by atoms with van der Waals surface area (Å²) in [5.41, 5.74) is 9.55. The van der Waals surface area contributed by atoms with E-state index in [-0.39, 0.29) is 12.5 Å². The third-order valence-corrected chi connectivity index (χ3v) is 3.98. The third-order valence-electron chi connectivity index (χ3n) is 3.98. The number of amides is 1. The fraction of sp³-hybridized carbons (Fsp3) is 0.562. The van der Waals surface area contributed by atoms with Crippen molar-refractivity contribution in [1.82, 2.24) is 10.4 Å². The predicted molar refractivity (Wildman–Crippen MR) is 82.6 cm³/mol. The zero-order chi connectivity index (χ0) is 15.2. The highest BCUT2D eigenvalue weighted by molar-refractivity contribution is 5.77. The van der Waals surface area contributed by atoms with Gasteiger partial charge in [-0.25, -0.2) is 5.01 Å². The van der Waals surface area contributed by atoms with Gasteiger partial charge in [-0.05, 0) is 44.4 Å². The molecule has 0 bridgehead atoms. The second kappa shape index (κ2) is 7.43. The number of ether oxygens (including phenoxy) is 1. The van der Waals surface area contributed by atoms with Gasteiger partial charge in [0.25, 0.3) is 5.91 Å². The molecule has 1 amide bonds. The van der Waals surface area contributed by atoms with E-state index in [1.165, 1.54) is 6.42 Å². The Morgan fingerprint density at radius 2 is 1.90 bits per heavy atom. The third kappa shape index (κ3) is 4.44. The summed E-state index contributed by atoms with van der Waals surface area (Å²) in [6, 6.07) is 8.23. The van der Waals surface area contributed by atoms with Crippen LogP contribution in [0.2, 0.25) is 0 Å². The van der Waals surface area contributed by atoms with E-state index in [0.29, 0.717) is 24.4 Å². The van der Waals surface area contributed by atoms with Gasteiger partial charge in [-0.2, -0.15) is 0 Å². The van der Waals surface area contributed by atoms with E-state index in [1.807, 2.05) is 29.3 Å². The van der Waals surface area contributed by atoms with Crippen molar-refractivity contribution in [1.29, 1.82) is 0 Å². The number of rotatable bonds is 5. The monoisotopic (exact) mass is 291 g/mol. The Morgan fingerprint density at radius 1 is 1.29 bits per heavy atom. The van der Waals surface area contributed by atoms with Crippen molar-refractivity contribution in [3.05, 3.63) is 29.8 Å². The van der Waals surface area contributed by atoms with Gasteiger partial charge in [0, 0.05) is 18.6 Å². The van der Waals surface area contributed by atoms with Gasteiger partial charge >= 0.3 is 0 Å². The smallest absolute Gasteiger partial charge is 0.272 e. The van der Waals surface area contributed by atoms with Gasteiger partial charge in [0.05, 0.1) is 0 Å². The van der Waals surface area contributed by atoms with Gasteiger partial charge in [0.15, 0.2) is 6.61 Å². The summed E-state index contributed by atoms with van der Waals surface area (Å²) >= 11 is 0. The Hall–Kier alpha value is -1.59. The second-order valence-corrected chi connectivity index (χ2v) is 5.71. The number of nitrogens with one attached hydrogen (secondary N) is 1. The molecule has 1 aromatic rings. The SMILES string of the molecule is CC1CCCC(C)N1NC(=O)COc1ccc(CN)cc1. The molecule has 1 heterocycles. The standard InChI is InChI=1S/C16H25N3O2/c1-12-4-3-5-13(2)19(12)18-16(20)11-21-15-8-6-14(10-17)7-9-15/h6-9,12-13H,3-5,10-11,17H2,1-2H3,(H,18,20). The van der Waals surface area contributed by atoms with Crippen molar-refractivity contribution in [2.75, 3.05) is 6.61 Å². The highest BCUT2D eigenvalue weighted by Gasteiger charge is 2.26. The summed E-state index contributed by atoms with van der Waals surface area (Å²) in [7, 11) is 0. The van der Waals surface area contributed by atoms with Crippen LogP contribution in [0.5, 0.6) is 5.75 Å². The van der Waals surface area contributed by atoms with E-state index in [1.54, 1.807) is 0 Å². The highest BCUT2D eigenvalue weighted by Crippen LogP contribution is 2.20. The van der Waals surface area contributed by atoms with Gasteiger partial charge in [-0.15, -0.1) is 0 Å². The first-order valence-electron chi connectivity index (χ1n) is 7.59. The normalized spacial score (nSPS) is 22.8. The second-order valence-electron chi connectivity index (χ2n) is 5.71. The minimum atomic E-state index is -0.112. The van der Waals surface area contributed by atoms with Crippen molar-refractivity contribution in [2.45, 2.75) is 51.7 Å². The Labute approximate surface area is 126 Å². The van der Waals surface area contributed by atoms with Gasteiger partial charge in [-0.1, -0.05) is 18.6 Å². The topological polar surface area (TPSA) is 67.6 Å². The highest BCUT2D eigenvalue weighted by atomic mass is 16.5. The molecular weight excluding hydrogens is 266 g/mol. The number of piperidine rings is 1. The van der Waals surface area contributed by atoms with Crippen LogP contribution in [0.25, 0.3) is 0 Å². The van der Waals surface area contributed by atoms with Crippen LogP contribution in [0.1, 0.15) is 38.7 Å².